The highest BCUT2D eigenvalue weighted by Crippen LogP contribution is 2.32. The SMILES string of the molecule is CC(=O)NC(CC(=O)Nc1ccc(N2CCOCC2)cc1N1CCOCC1)c1ccccc1. The number of rotatable bonds is 7. The Morgan fingerprint density at radius 3 is 2.18 bits per heavy atom. The summed E-state index contributed by atoms with van der Waals surface area (Å²) in [5.41, 5.74) is 3.79. The molecule has 2 aliphatic heterocycles. The molecule has 33 heavy (non-hydrogen) atoms. The van der Waals surface area contributed by atoms with Gasteiger partial charge in [-0.2, -0.15) is 0 Å². The van der Waals surface area contributed by atoms with Gasteiger partial charge in [-0.3, -0.25) is 9.59 Å². The summed E-state index contributed by atoms with van der Waals surface area (Å²) in [6, 6.07) is 15.4. The summed E-state index contributed by atoms with van der Waals surface area (Å²) in [6.07, 6.45) is 0.150. The Bertz CT molecular complexity index is 941. The van der Waals surface area contributed by atoms with Gasteiger partial charge in [0.25, 0.3) is 0 Å². The van der Waals surface area contributed by atoms with Gasteiger partial charge in [0.05, 0.1) is 50.3 Å². The lowest BCUT2D eigenvalue weighted by Crippen LogP contribution is -2.38. The predicted octanol–water partition coefficient (Wildman–Crippen LogP) is 2.57. The highest BCUT2D eigenvalue weighted by atomic mass is 16.5. The lowest BCUT2D eigenvalue weighted by atomic mass is 10.0. The molecule has 0 bridgehead atoms. The van der Waals surface area contributed by atoms with Crippen molar-refractivity contribution in [2.24, 2.45) is 0 Å². The maximum Gasteiger partial charge on any atom is 0.226 e. The number of carbonyl (C=O) groups excluding carboxylic acids is 2. The second-order valence-corrected chi connectivity index (χ2v) is 8.32. The van der Waals surface area contributed by atoms with Crippen molar-refractivity contribution in [2.45, 2.75) is 19.4 Å². The number of amides is 2. The molecule has 2 heterocycles. The third kappa shape index (κ3) is 6.24. The zero-order valence-electron chi connectivity index (χ0n) is 19.1. The third-order valence-corrected chi connectivity index (χ3v) is 5.95. The van der Waals surface area contributed by atoms with E-state index in [4.69, 9.17) is 9.47 Å². The average Bonchev–Trinajstić information content (AvgIpc) is 2.85. The fourth-order valence-electron chi connectivity index (χ4n) is 4.28. The molecule has 0 aromatic heterocycles. The van der Waals surface area contributed by atoms with Crippen molar-refractivity contribution in [3.8, 4) is 0 Å². The first-order valence-electron chi connectivity index (χ1n) is 11.5. The number of anilines is 3. The molecule has 8 heteroatoms. The molecule has 2 aromatic rings. The zero-order valence-corrected chi connectivity index (χ0v) is 19.1. The molecule has 1 atom stereocenters. The van der Waals surface area contributed by atoms with E-state index in [1.54, 1.807) is 0 Å². The summed E-state index contributed by atoms with van der Waals surface area (Å²) in [5.74, 6) is -0.313. The molecule has 2 saturated heterocycles. The van der Waals surface area contributed by atoms with Gasteiger partial charge in [-0.1, -0.05) is 30.3 Å². The van der Waals surface area contributed by atoms with Crippen LogP contribution in [0.3, 0.4) is 0 Å². The van der Waals surface area contributed by atoms with Gasteiger partial charge in [-0.05, 0) is 23.8 Å². The topological polar surface area (TPSA) is 83.1 Å². The van der Waals surface area contributed by atoms with E-state index in [2.05, 4.69) is 26.5 Å². The summed E-state index contributed by atoms with van der Waals surface area (Å²) in [4.78, 5) is 29.4. The molecule has 8 nitrogen and oxygen atoms in total. The lowest BCUT2D eigenvalue weighted by molar-refractivity contribution is -0.120. The average molecular weight is 453 g/mol. The van der Waals surface area contributed by atoms with Crippen LogP contribution in [0.25, 0.3) is 0 Å². The fraction of sp³-hybridized carbons (Fsp3) is 0.440. The Kier molecular flexibility index (Phi) is 7.80. The first-order valence-corrected chi connectivity index (χ1v) is 11.5. The third-order valence-electron chi connectivity index (χ3n) is 5.95. The summed E-state index contributed by atoms with van der Waals surface area (Å²) in [7, 11) is 0. The summed E-state index contributed by atoms with van der Waals surface area (Å²) >= 11 is 0. The van der Waals surface area contributed by atoms with E-state index in [0.717, 1.165) is 62.0 Å². The highest BCUT2D eigenvalue weighted by molar-refractivity contribution is 5.95. The molecule has 2 fully saturated rings. The molecule has 176 valence electrons. The summed E-state index contributed by atoms with van der Waals surface area (Å²) < 4.78 is 11.0. The van der Waals surface area contributed by atoms with Crippen LogP contribution in [0.1, 0.15) is 24.9 Å². The van der Waals surface area contributed by atoms with Gasteiger partial charge >= 0.3 is 0 Å². The number of nitrogens with zero attached hydrogens (tertiary/aromatic N) is 2. The van der Waals surface area contributed by atoms with Crippen molar-refractivity contribution in [1.82, 2.24) is 5.32 Å². The van der Waals surface area contributed by atoms with Crippen molar-refractivity contribution in [2.75, 3.05) is 67.7 Å². The minimum absolute atomic E-state index is 0.147. The van der Waals surface area contributed by atoms with Crippen LogP contribution in [0.5, 0.6) is 0 Å². The Morgan fingerprint density at radius 1 is 0.909 bits per heavy atom. The van der Waals surface area contributed by atoms with Crippen LogP contribution < -0.4 is 20.4 Å². The van der Waals surface area contributed by atoms with Crippen molar-refractivity contribution in [1.29, 1.82) is 0 Å². The van der Waals surface area contributed by atoms with Crippen molar-refractivity contribution < 1.29 is 19.1 Å². The number of hydrogen-bond acceptors (Lipinski definition) is 6. The van der Waals surface area contributed by atoms with Crippen LogP contribution in [0, 0.1) is 0 Å². The first kappa shape index (κ1) is 23.1. The monoisotopic (exact) mass is 452 g/mol. The molecule has 1 unspecified atom stereocenters. The molecule has 0 spiro atoms. The van der Waals surface area contributed by atoms with Gasteiger partial charge in [-0.25, -0.2) is 0 Å². The van der Waals surface area contributed by atoms with E-state index in [-0.39, 0.29) is 24.3 Å². The predicted molar refractivity (Wildman–Crippen MR) is 129 cm³/mol. The minimum Gasteiger partial charge on any atom is -0.378 e. The molecule has 2 N–H and O–H groups in total. The summed E-state index contributed by atoms with van der Waals surface area (Å²) in [5, 5.41) is 5.99. The van der Waals surface area contributed by atoms with Crippen LogP contribution in [0.15, 0.2) is 48.5 Å². The van der Waals surface area contributed by atoms with E-state index in [9.17, 15) is 9.59 Å². The Hall–Kier alpha value is -3.10. The largest absolute Gasteiger partial charge is 0.378 e. The number of hydrogen-bond donors (Lipinski definition) is 2. The molecular formula is C25H32N4O4. The van der Waals surface area contributed by atoms with Crippen LogP contribution in [-0.2, 0) is 19.1 Å². The van der Waals surface area contributed by atoms with Crippen LogP contribution in [0.2, 0.25) is 0 Å². The van der Waals surface area contributed by atoms with Gasteiger partial charge in [0.15, 0.2) is 0 Å². The first-order chi connectivity index (χ1) is 16.1. The van der Waals surface area contributed by atoms with E-state index in [1.807, 2.05) is 42.5 Å². The number of nitrogens with one attached hydrogen (secondary N) is 2. The molecule has 2 aromatic carbocycles. The molecule has 0 saturated carbocycles. The van der Waals surface area contributed by atoms with E-state index >= 15 is 0 Å². The number of ether oxygens (including phenoxy) is 2. The number of morpholine rings is 2. The maximum absolute atomic E-state index is 13.1. The maximum atomic E-state index is 13.1. The minimum atomic E-state index is -0.386. The lowest BCUT2D eigenvalue weighted by Gasteiger charge is -2.33. The standard InChI is InChI=1S/C25H32N4O4/c1-19(30)26-23(20-5-3-2-4-6-20)18-25(31)27-22-8-7-21(28-9-13-32-14-10-28)17-24(22)29-11-15-33-16-12-29/h2-8,17,23H,9-16,18H2,1H3,(H,26,30)(H,27,31). The van der Waals surface area contributed by atoms with E-state index in [1.165, 1.54) is 6.92 Å². The molecule has 2 amide bonds. The molecular weight excluding hydrogens is 420 g/mol. The highest BCUT2D eigenvalue weighted by Gasteiger charge is 2.22. The van der Waals surface area contributed by atoms with Crippen LogP contribution in [-0.4, -0.2) is 64.4 Å². The van der Waals surface area contributed by atoms with Crippen molar-refractivity contribution in [3.05, 3.63) is 54.1 Å². The second-order valence-electron chi connectivity index (χ2n) is 8.32. The molecule has 4 rings (SSSR count). The van der Waals surface area contributed by atoms with Gasteiger partial charge in [-0.15, -0.1) is 0 Å². The smallest absolute Gasteiger partial charge is 0.226 e. The van der Waals surface area contributed by atoms with Gasteiger partial charge < -0.3 is 29.9 Å². The Labute approximate surface area is 194 Å². The van der Waals surface area contributed by atoms with Gasteiger partial charge in [0.2, 0.25) is 11.8 Å². The fourth-order valence-corrected chi connectivity index (χ4v) is 4.28. The Morgan fingerprint density at radius 2 is 1.55 bits per heavy atom. The van der Waals surface area contributed by atoms with E-state index < -0.39 is 0 Å². The molecule has 0 radical (unpaired) electrons. The van der Waals surface area contributed by atoms with Crippen LogP contribution >= 0.6 is 0 Å². The Balaban J connectivity index is 1.53. The quantitative estimate of drug-likeness (QED) is 0.672. The second kappa shape index (κ2) is 11.2. The van der Waals surface area contributed by atoms with Gasteiger partial charge in [0, 0.05) is 38.8 Å². The number of benzene rings is 2. The molecule has 2 aliphatic rings. The van der Waals surface area contributed by atoms with Crippen molar-refractivity contribution >= 4 is 28.9 Å². The molecule has 0 aliphatic carbocycles. The van der Waals surface area contributed by atoms with Crippen LogP contribution in [0.4, 0.5) is 17.1 Å². The zero-order chi connectivity index (χ0) is 23.0. The van der Waals surface area contributed by atoms with Gasteiger partial charge in [0.1, 0.15) is 0 Å². The number of carbonyl (C=O) groups is 2. The summed E-state index contributed by atoms with van der Waals surface area (Å²) in [6.45, 7) is 7.47. The van der Waals surface area contributed by atoms with Crippen molar-refractivity contribution in [3.63, 3.8) is 0 Å². The van der Waals surface area contributed by atoms with E-state index in [0.29, 0.717) is 13.2 Å². The normalized spacial score (nSPS) is 17.4.